The molecule has 630 valence electrons. The number of pyridine rings is 2. The minimum Gasteiger partial charge on any atom is -0.456 e. The third-order valence-corrected chi connectivity index (χ3v) is 25.4. The zero-order chi connectivity index (χ0) is 89.2. The lowest BCUT2D eigenvalue weighted by atomic mass is 9.92. The van der Waals surface area contributed by atoms with Crippen molar-refractivity contribution in [2.75, 3.05) is 0 Å². The monoisotopic (exact) mass is 1730 g/mol. The summed E-state index contributed by atoms with van der Waals surface area (Å²) in [6.45, 7) is 0. The summed E-state index contributed by atoms with van der Waals surface area (Å²) in [5.41, 5.74) is 34.2. The van der Waals surface area contributed by atoms with Crippen LogP contribution in [0.1, 0.15) is 0 Å². The molecule has 18 aromatic carbocycles. The highest BCUT2D eigenvalue weighted by molar-refractivity contribution is 6.13. The molecular weight excluding hydrogens is 1650 g/mol. The number of ether oxygens (including phenoxy) is 3. The van der Waals surface area contributed by atoms with Crippen LogP contribution in [-0.4, -0.2) is 49.8 Å². The second-order valence-corrected chi connectivity index (χ2v) is 33.6. The molecule has 0 radical (unpaired) electrons. The van der Waals surface area contributed by atoms with Crippen LogP contribution in [0.15, 0.2) is 449 Å². The Balaban J connectivity index is 0.000000108. The predicted molar refractivity (Wildman–Crippen MR) is 544 cm³/mol. The van der Waals surface area contributed by atoms with Gasteiger partial charge in [0.25, 0.3) is 0 Å². The maximum Gasteiger partial charge on any atom is 0.160 e. The van der Waals surface area contributed by atoms with Crippen LogP contribution in [0.3, 0.4) is 0 Å². The van der Waals surface area contributed by atoms with Crippen molar-refractivity contribution in [1.29, 1.82) is 0 Å². The molecule has 0 atom stereocenters. The average Bonchev–Trinajstić information content (AvgIpc) is 0.742. The van der Waals surface area contributed by atoms with Gasteiger partial charge < -0.3 is 14.2 Å². The minimum absolute atomic E-state index is 0.680. The summed E-state index contributed by atoms with van der Waals surface area (Å²) in [5.74, 6) is 5.89. The zero-order valence-corrected chi connectivity index (χ0v) is 72.4. The topological polar surface area (TPSA) is 157 Å². The summed E-state index contributed by atoms with van der Waals surface area (Å²) in [6, 6.07) is 147. The van der Waals surface area contributed by atoms with Crippen molar-refractivity contribution in [1.82, 2.24) is 49.8 Å². The van der Waals surface area contributed by atoms with Gasteiger partial charge in [0.1, 0.15) is 34.5 Å². The summed E-state index contributed by atoms with van der Waals surface area (Å²) in [6.07, 6.45) is 5.60. The maximum atomic E-state index is 6.32. The van der Waals surface area contributed by atoms with Crippen molar-refractivity contribution in [2.24, 2.45) is 0 Å². The Morgan fingerprint density at radius 1 is 0.141 bits per heavy atom. The molecule has 0 spiro atoms. The smallest absolute Gasteiger partial charge is 0.160 e. The van der Waals surface area contributed by atoms with Crippen LogP contribution in [0, 0.1) is 0 Å². The van der Waals surface area contributed by atoms with Gasteiger partial charge in [0.2, 0.25) is 0 Å². The number of para-hydroxylation sites is 3. The summed E-state index contributed by atoms with van der Waals surface area (Å²) in [7, 11) is 0. The van der Waals surface area contributed by atoms with Crippen LogP contribution < -0.4 is 14.2 Å². The largest absolute Gasteiger partial charge is 0.456 e. The van der Waals surface area contributed by atoms with Gasteiger partial charge in [-0.1, -0.05) is 309 Å². The fourth-order valence-electron chi connectivity index (χ4n) is 18.8. The number of fused-ring (bicyclic) bond motifs is 9. The van der Waals surface area contributed by atoms with Crippen LogP contribution in [0.4, 0.5) is 0 Å². The number of hydrogen-bond donors (Lipinski definition) is 0. The molecule has 24 aromatic rings. The zero-order valence-electron chi connectivity index (χ0n) is 72.4. The molecule has 3 aliphatic heterocycles. The molecule has 135 heavy (non-hydrogen) atoms. The normalized spacial score (nSPS) is 11.7. The summed E-state index contributed by atoms with van der Waals surface area (Å²) >= 11 is 0. The van der Waals surface area contributed by atoms with Gasteiger partial charge in [-0.2, -0.15) is 0 Å². The predicted octanol–water partition coefficient (Wildman–Crippen LogP) is 31.3. The van der Waals surface area contributed by atoms with Crippen molar-refractivity contribution in [2.45, 2.75) is 0 Å². The van der Waals surface area contributed by atoms with E-state index >= 15 is 0 Å². The maximum absolute atomic E-state index is 6.32. The summed E-state index contributed by atoms with van der Waals surface area (Å²) in [4.78, 5) is 50.1. The molecule has 27 rings (SSSR count). The first-order valence-corrected chi connectivity index (χ1v) is 44.9. The van der Waals surface area contributed by atoms with E-state index in [1.54, 1.807) is 0 Å². The number of aromatic nitrogens is 10. The Bertz CT molecular complexity index is 7850. The van der Waals surface area contributed by atoms with E-state index in [0.29, 0.717) is 5.82 Å². The van der Waals surface area contributed by atoms with Crippen molar-refractivity contribution >= 4 is 65.4 Å². The number of nitrogens with zero attached hydrogens (tertiary/aromatic N) is 10. The molecule has 0 saturated heterocycles. The number of benzene rings is 18. The highest BCUT2D eigenvalue weighted by Crippen LogP contribution is 2.53. The fraction of sp³-hybridized carbons (Fsp3) is 0. The van der Waals surface area contributed by atoms with Crippen molar-refractivity contribution in [3.63, 3.8) is 0 Å². The molecule has 0 saturated carbocycles. The number of hydrogen-bond acceptors (Lipinski definition) is 13. The van der Waals surface area contributed by atoms with Gasteiger partial charge in [-0.15, -0.1) is 0 Å². The van der Waals surface area contributed by atoms with Crippen LogP contribution in [0.5, 0.6) is 34.5 Å². The lowest BCUT2D eigenvalue weighted by Crippen LogP contribution is -1.98. The van der Waals surface area contributed by atoms with Gasteiger partial charge in [0, 0.05) is 88.5 Å². The lowest BCUT2D eigenvalue weighted by molar-refractivity contribution is 0.487. The Kier molecular flexibility index (Phi) is 19.6. The van der Waals surface area contributed by atoms with Gasteiger partial charge >= 0.3 is 0 Å². The van der Waals surface area contributed by atoms with Gasteiger partial charge in [-0.3, -0.25) is 15.0 Å². The summed E-state index contributed by atoms with van der Waals surface area (Å²) in [5, 5.41) is 6.56. The fourth-order valence-corrected chi connectivity index (χ4v) is 18.8. The second kappa shape index (κ2) is 33.6. The van der Waals surface area contributed by atoms with Crippen LogP contribution in [0.2, 0.25) is 0 Å². The van der Waals surface area contributed by atoms with E-state index in [1.807, 2.05) is 207 Å². The standard InChI is InChI=1S/2C41H25N3O.C40H24N4O/c1-3-10-26(11-4-1)35-23-29(24-36(43-35)27-12-5-2-6-13-27)28-18-20-34-37(22-28)44-38(25-42-34)30-19-21-40-41-32(30)15-9-16-33(41)31-14-7-8-17-39(31)45-40;1-3-10-26(11-4-1)29-23-35(27-12-5-2-6-13-27)43-36(24-29)28-18-20-34-37(22-28)44-38(25-42-34)30-19-21-40-41-32(30)15-9-16-33(41)31-14-7-8-17-39(31)45-40;1-3-10-25(11-4-1)33-23-34(44-40(43-33)26-12-5-2-6-13-26)27-18-20-32-35(22-27)42-36(24-41-32)28-19-21-38-39-30(28)15-9-16-31(39)29-14-7-8-17-37(29)45-38/h2*1-25H;1-24H. The first kappa shape index (κ1) is 78.8. The lowest BCUT2D eigenvalue weighted by Gasteiger charge is -2.22. The molecule has 0 N–H and O–H groups in total. The number of rotatable bonds is 12. The average molecular weight is 1730 g/mol. The van der Waals surface area contributed by atoms with Gasteiger partial charge in [-0.05, 0) is 176 Å². The van der Waals surface area contributed by atoms with Crippen molar-refractivity contribution in [3.8, 4) is 203 Å². The first-order chi connectivity index (χ1) is 66.8. The quantitative estimate of drug-likeness (QED) is 0.114. The summed E-state index contributed by atoms with van der Waals surface area (Å²) < 4.78 is 18.9. The molecule has 9 heterocycles. The minimum atomic E-state index is 0.680. The van der Waals surface area contributed by atoms with Crippen LogP contribution in [0.25, 0.3) is 234 Å². The Labute approximate surface area is 776 Å². The van der Waals surface area contributed by atoms with E-state index in [4.69, 9.17) is 64.1 Å². The van der Waals surface area contributed by atoms with Gasteiger partial charge in [0.05, 0.1) is 103 Å². The van der Waals surface area contributed by atoms with E-state index in [9.17, 15) is 0 Å². The third-order valence-electron chi connectivity index (χ3n) is 25.4. The SMILES string of the molecule is c1ccc(-c2cc(-c3ccc4ncc(-c5ccc6c7c(cccc57)-c5ccccc5O6)nc4c3)cc(-c3ccccc3)n2)cc1.c1ccc(-c2cc(-c3ccc4ncc(-c5ccc6c7c(cccc57)-c5ccccc5O6)nc4c3)nc(-c3ccccc3)n2)cc1.c1ccc(-c2cc(-c3ccccc3)nc(-c3ccc4ncc(-c5ccc6c7c(cccc57)-c5ccccc5O6)nc4c3)c2)cc1. The van der Waals surface area contributed by atoms with Crippen molar-refractivity contribution < 1.29 is 14.2 Å². The molecule has 0 fully saturated rings. The molecule has 0 bridgehead atoms. The van der Waals surface area contributed by atoms with Crippen LogP contribution in [-0.2, 0) is 0 Å². The van der Waals surface area contributed by atoms with Crippen molar-refractivity contribution in [3.05, 3.63) is 449 Å². The molecule has 13 heteroatoms. The third kappa shape index (κ3) is 14.8. The van der Waals surface area contributed by atoms with Gasteiger partial charge in [0.15, 0.2) is 5.82 Å². The molecule has 0 aliphatic carbocycles. The molecule has 0 unspecified atom stereocenters. The molecule has 3 aliphatic rings. The molecule has 0 amide bonds. The highest BCUT2D eigenvalue weighted by Gasteiger charge is 2.27. The second-order valence-electron chi connectivity index (χ2n) is 33.6. The van der Waals surface area contributed by atoms with E-state index < -0.39 is 0 Å². The molecule has 6 aromatic heterocycles. The van der Waals surface area contributed by atoms with Gasteiger partial charge in [-0.25, -0.2) is 34.9 Å². The van der Waals surface area contributed by atoms with E-state index in [-0.39, 0.29) is 0 Å². The Morgan fingerprint density at radius 3 is 0.785 bits per heavy atom. The first-order valence-electron chi connectivity index (χ1n) is 44.9. The van der Waals surface area contributed by atoms with E-state index in [0.717, 1.165) is 251 Å². The molecular formula is C122H74N10O3. The Morgan fingerprint density at radius 2 is 0.422 bits per heavy atom. The van der Waals surface area contributed by atoms with Crippen LogP contribution >= 0.6 is 0 Å². The molecule has 13 nitrogen and oxygen atoms in total. The van der Waals surface area contributed by atoms with E-state index in [1.165, 1.54) is 11.1 Å². The highest BCUT2D eigenvalue weighted by atomic mass is 16.5. The van der Waals surface area contributed by atoms with E-state index in [2.05, 4.69) is 243 Å². The Hall–Kier alpha value is -18.5.